The average Bonchev–Trinajstić information content (AvgIpc) is 3.00. The molecule has 0 spiro atoms. The number of anilines is 1. The SMILES string of the molecule is CCN(CC)S(=O)(=O)c1ccc(NN=Cc2sccc2C)c([N+](=O)[O-])c1. The van der Waals surface area contributed by atoms with Gasteiger partial charge in [0.25, 0.3) is 5.69 Å². The number of thiophene rings is 1. The van der Waals surface area contributed by atoms with Crippen LogP contribution in [0.25, 0.3) is 0 Å². The monoisotopic (exact) mass is 396 g/mol. The molecule has 0 aliphatic heterocycles. The Morgan fingerprint density at radius 1 is 1.31 bits per heavy atom. The molecule has 1 N–H and O–H groups in total. The van der Waals surface area contributed by atoms with Gasteiger partial charge in [0.1, 0.15) is 5.69 Å². The number of benzene rings is 1. The summed E-state index contributed by atoms with van der Waals surface area (Å²) in [6, 6.07) is 5.70. The summed E-state index contributed by atoms with van der Waals surface area (Å²) in [5.41, 5.74) is 3.45. The molecule has 0 bridgehead atoms. The highest BCUT2D eigenvalue weighted by molar-refractivity contribution is 7.89. The molecule has 2 aromatic rings. The van der Waals surface area contributed by atoms with Gasteiger partial charge in [0, 0.05) is 24.0 Å². The van der Waals surface area contributed by atoms with Gasteiger partial charge in [-0.1, -0.05) is 13.8 Å². The van der Waals surface area contributed by atoms with Gasteiger partial charge >= 0.3 is 0 Å². The zero-order valence-corrected chi connectivity index (χ0v) is 16.3. The zero-order valence-electron chi connectivity index (χ0n) is 14.7. The van der Waals surface area contributed by atoms with Crippen LogP contribution in [0.4, 0.5) is 11.4 Å². The molecule has 1 aromatic heterocycles. The van der Waals surface area contributed by atoms with Gasteiger partial charge in [0.2, 0.25) is 10.0 Å². The van der Waals surface area contributed by atoms with Crippen LogP contribution in [0.2, 0.25) is 0 Å². The number of nitrogens with zero attached hydrogens (tertiary/aromatic N) is 3. The zero-order chi connectivity index (χ0) is 19.3. The molecule has 26 heavy (non-hydrogen) atoms. The Balaban J connectivity index is 2.33. The first kappa shape index (κ1) is 20.0. The topological polar surface area (TPSA) is 105 Å². The van der Waals surface area contributed by atoms with Crippen LogP contribution in [0.5, 0.6) is 0 Å². The molecular weight excluding hydrogens is 376 g/mol. The first-order valence-electron chi connectivity index (χ1n) is 7.93. The van der Waals surface area contributed by atoms with Gasteiger partial charge in [-0.3, -0.25) is 15.5 Å². The molecule has 0 saturated carbocycles. The van der Waals surface area contributed by atoms with Gasteiger partial charge in [-0.05, 0) is 36.1 Å². The summed E-state index contributed by atoms with van der Waals surface area (Å²) in [6.07, 6.45) is 1.57. The predicted molar refractivity (Wildman–Crippen MR) is 103 cm³/mol. The van der Waals surface area contributed by atoms with E-state index in [-0.39, 0.29) is 29.4 Å². The van der Waals surface area contributed by atoms with E-state index in [1.165, 1.54) is 27.8 Å². The van der Waals surface area contributed by atoms with E-state index in [0.717, 1.165) is 16.5 Å². The summed E-state index contributed by atoms with van der Waals surface area (Å²) in [7, 11) is -3.77. The van der Waals surface area contributed by atoms with Gasteiger partial charge in [0.15, 0.2) is 0 Å². The number of nitro benzene ring substituents is 1. The minimum atomic E-state index is -3.77. The van der Waals surface area contributed by atoms with Gasteiger partial charge in [-0.2, -0.15) is 9.41 Å². The van der Waals surface area contributed by atoms with Gasteiger partial charge in [-0.15, -0.1) is 11.3 Å². The van der Waals surface area contributed by atoms with E-state index >= 15 is 0 Å². The maximum absolute atomic E-state index is 12.5. The number of rotatable bonds is 8. The standard InChI is InChI=1S/C16H20N4O4S2/c1-4-19(5-2)26(23,24)13-6-7-14(15(10-13)20(21)22)18-17-11-16-12(3)8-9-25-16/h6-11,18H,4-5H2,1-3H3. The minimum Gasteiger partial charge on any atom is -0.272 e. The summed E-state index contributed by atoms with van der Waals surface area (Å²) in [6.45, 7) is 5.95. The quantitative estimate of drug-likeness (QED) is 0.418. The molecule has 0 unspecified atom stereocenters. The van der Waals surface area contributed by atoms with Gasteiger partial charge in [-0.25, -0.2) is 8.42 Å². The molecule has 0 amide bonds. The van der Waals surface area contributed by atoms with Crippen LogP contribution in [-0.4, -0.2) is 37.0 Å². The molecule has 0 aliphatic carbocycles. The van der Waals surface area contributed by atoms with Gasteiger partial charge < -0.3 is 0 Å². The van der Waals surface area contributed by atoms with Gasteiger partial charge in [0.05, 0.1) is 16.0 Å². The fourth-order valence-corrected chi connectivity index (χ4v) is 4.57. The fourth-order valence-electron chi connectivity index (χ4n) is 2.31. The third-order valence-electron chi connectivity index (χ3n) is 3.78. The molecule has 0 fully saturated rings. The Labute approximate surface area is 156 Å². The molecule has 10 heteroatoms. The molecule has 1 heterocycles. The molecule has 1 aromatic carbocycles. The number of sulfonamides is 1. The maximum atomic E-state index is 12.5. The first-order chi connectivity index (χ1) is 12.3. The highest BCUT2D eigenvalue weighted by atomic mass is 32.2. The molecule has 2 rings (SSSR count). The van der Waals surface area contributed by atoms with Crippen molar-refractivity contribution in [1.82, 2.24) is 4.31 Å². The van der Waals surface area contributed by atoms with E-state index in [1.807, 2.05) is 18.4 Å². The second kappa shape index (κ2) is 8.39. The number of nitro groups is 1. The van der Waals surface area contributed by atoms with Crippen LogP contribution >= 0.6 is 11.3 Å². The fraction of sp³-hybridized carbons (Fsp3) is 0.312. The molecule has 0 aliphatic rings. The lowest BCUT2D eigenvalue weighted by molar-refractivity contribution is -0.384. The van der Waals surface area contributed by atoms with Crippen molar-refractivity contribution in [2.45, 2.75) is 25.7 Å². The first-order valence-corrected chi connectivity index (χ1v) is 10.2. The number of hydrogen-bond acceptors (Lipinski definition) is 7. The maximum Gasteiger partial charge on any atom is 0.295 e. The smallest absolute Gasteiger partial charge is 0.272 e. The Morgan fingerprint density at radius 2 is 2.00 bits per heavy atom. The highest BCUT2D eigenvalue weighted by Crippen LogP contribution is 2.29. The van der Waals surface area contributed by atoms with Crippen molar-refractivity contribution in [1.29, 1.82) is 0 Å². The molecule has 140 valence electrons. The second-order valence-corrected chi connectivity index (χ2v) is 8.25. The minimum absolute atomic E-state index is 0.114. The van der Waals surface area contributed by atoms with Crippen molar-refractivity contribution in [3.8, 4) is 0 Å². The lowest BCUT2D eigenvalue weighted by atomic mass is 10.3. The van der Waals surface area contributed by atoms with Crippen LogP contribution in [0, 0.1) is 17.0 Å². The summed E-state index contributed by atoms with van der Waals surface area (Å²) >= 11 is 1.50. The van der Waals surface area contributed by atoms with Crippen LogP contribution in [0.3, 0.4) is 0 Å². The number of nitrogens with one attached hydrogen (secondary N) is 1. The van der Waals surface area contributed by atoms with Crippen molar-refractivity contribution < 1.29 is 13.3 Å². The normalized spacial score (nSPS) is 12.0. The van der Waals surface area contributed by atoms with E-state index in [0.29, 0.717) is 0 Å². The van der Waals surface area contributed by atoms with E-state index in [9.17, 15) is 18.5 Å². The summed E-state index contributed by atoms with van der Waals surface area (Å²) < 4.78 is 26.3. The lowest BCUT2D eigenvalue weighted by Gasteiger charge is -2.18. The van der Waals surface area contributed by atoms with Crippen LogP contribution < -0.4 is 5.43 Å². The number of hydrogen-bond donors (Lipinski definition) is 1. The van der Waals surface area contributed by atoms with E-state index in [2.05, 4.69) is 10.5 Å². The van der Waals surface area contributed by atoms with Crippen molar-refractivity contribution in [2.24, 2.45) is 5.10 Å². The third-order valence-corrected chi connectivity index (χ3v) is 6.78. The molecule has 8 nitrogen and oxygen atoms in total. The Hall–Kier alpha value is -2.30. The Bertz CT molecular complexity index is 918. The Morgan fingerprint density at radius 3 is 2.54 bits per heavy atom. The van der Waals surface area contributed by atoms with E-state index in [1.54, 1.807) is 20.1 Å². The Kier molecular flexibility index (Phi) is 6.46. The molecule has 0 atom stereocenters. The molecule has 0 saturated heterocycles. The van der Waals surface area contributed by atoms with Crippen molar-refractivity contribution in [3.05, 3.63) is 50.2 Å². The van der Waals surface area contributed by atoms with Crippen LogP contribution in [-0.2, 0) is 10.0 Å². The summed E-state index contributed by atoms with van der Waals surface area (Å²) in [5.74, 6) is 0. The van der Waals surface area contributed by atoms with E-state index in [4.69, 9.17) is 0 Å². The summed E-state index contributed by atoms with van der Waals surface area (Å²) in [5, 5.41) is 17.3. The number of hydrazone groups is 1. The van der Waals surface area contributed by atoms with Crippen molar-refractivity contribution in [3.63, 3.8) is 0 Å². The average molecular weight is 396 g/mol. The molecular formula is C16H20N4O4S2. The number of aryl methyl sites for hydroxylation is 1. The third kappa shape index (κ3) is 4.26. The van der Waals surface area contributed by atoms with Crippen LogP contribution in [0.1, 0.15) is 24.3 Å². The predicted octanol–water partition coefficient (Wildman–Crippen LogP) is 3.44. The summed E-state index contributed by atoms with van der Waals surface area (Å²) in [4.78, 5) is 11.6. The largest absolute Gasteiger partial charge is 0.295 e. The highest BCUT2D eigenvalue weighted by Gasteiger charge is 2.25. The van der Waals surface area contributed by atoms with Crippen molar-refractivity contribution in [2.75, 3.05) is 18.5 Å². The lowest BCUT2D eigenvalue weighted by Crippen LogP contribution is -2.30. The van der Waals surface area contributed by atoms with Crippen LogP contribution in [0.15, 0.2) is 39.6 Å². The second-order valence-electron chi connectivity index (χ2n) is 5.36. The molecule has 0 radical (unpaired) electrons. The van der Waals surface area contributed by atoms with E-state index < -0.39 is 14.9 Å². The van der Waals surface area contributed by atoms with Crippen molar-refractivity contribution >= 4 is 38.9 Å².